The number of ether oxygens (including phenoxy) is 6. The van der Waals surface area contributed by atoms with Crippen LogP contribution in [0, 0.1) is 34.1 Å². The number of nitrogens with one attached hydrogen (secondary N) is 2. The molecule has 21 heteroatoms. The third kappa shape index (κ3) is 36.2. The number of carbonyl (C=O) groups is 2. The van der Waals surface area contributed by atoms with Crippen molar-refractivity contribution in [1.82, 2.24) is 0 Å². The van der Waals surface area contributed by atoms with E-state index in [1.54, 1.807) is 42.5 Å². The van der Waals surface area contributed by atoms with Crippen molar-refractivity contribution in [1.29, 1.82) is 0 Å². The predicted molar refractivity (Wildman–Crippen MR) is 368 cm³/mol. The van der Waals surface area contributed by atoms with Crippen molar-refractivity contribution >= 4 is 63.1 Å². The number of hydrogen-bond donors (Lipinski definition) is 6. The highest BCUT2D eigenvalue weighted by Crippen LogP contribution is 2.35. The normalized spacial score (nSPS) is 10.0. The van der Waals surface area contributed by atoms with Crippen molar-refractivity contribution in [3.05, 3.63) is 159 Å². The van der Waals surface area contributed by atoms with Gasteiger partial charge in [-0.1, -0.05) is 124 Å². The van der Waals surface area contributed by atoms with Crippen LogP contribution in [0.25, 0.3) is 0 Å². The van der Waals surface area contributed by atoms with Crippen LogP contribution in [-0.4, -0.2) is 74.5 Å². The van der Waals surface area contributed by atoms with Gasteiger partial charge in [0, 0.05) is 86.5 Å². The van der Waals surface area contributed by atoms with E-state index in [-0.39, 0.29) is 57.2 Å². The number of anilines is 7. The lowest BCUT2D eigenvalue weighted by Crippen LogP contribution is -2.25. The Morgan fingerprint density at radius 3 is 1.42 bits per heavy atom. The molecule has 0 fully saturated rings. The van der Waals surface area contributed by atoms with Gasteiger partial charge in [-0.15, -0.1) is 0 Å². The zero-order chi connectivity index (χ0) is 65.6. The number of non-ortho nitro benzene ring substituents is 2. The average Bonchev–Trinajstić information content (AvgIpc) is 1.81. The Morgan fingerprint density at radius 1 is 0.467 bits per heavy atom. The summed E-state index contributed by atoms with van der Waals surface area (Å²) in [5, 5.41) is 20.8. The molecule has 0 saturated carbocycles. The number of rotatable bonds is 34. The first-order chi connectivity index (χ1) is 42.8. The number of unbranched alkanes of at least 4 members (excludes halogenated alkanes) is 10. The molecule has 6 rings (SSSR count). The summed E-state index contributed by atoms with van der Waals surface area (Å²) >= 11 is 0. The van der Waals surface area contributed by atoms with E-state index in [9.17, 15) is 29.8 Å². The molecule has 0 heterocycles. The Hall–Kier alpha value is -9.14. The molecular formula is C69H103N9O12. The van der Waals surface area contributed by atoms with Crippen LogP contribution < -0.4 is 57.6 Å². The average molecular weight is 1250 g/mol. The molecule has 0 aromatic heterocycles. The topological polar surface area (TPSA) is 307 Å². The lowest BCUT2D eigenvalue weighted by Gasteiger charge is -2.25. The van der Waals surface area contributed by atoms with Crippen molar-refractivity contribution in [3.8, 4) is 23.0 Å². The molecule has 6 aromatic rings. The molecule has 0 aliphatic rings. The Morgan fingerprint density at radius 2 is 0.944 bits per heavy atom. The quantitative estimate of drug-likeness (QED) is 0.00719. The minimum absolute atomic E-state index is 0. The van der Waals surface area contributed by atoms with E-state index in [4.69, 9.17) is 51.4 Å². The first-order valence-electron chi connectivity index (χ1n) is 30.8. The summed E-state index contributed by atoms with van der Waals surface area (Å²) in [6, 6.07) is 37.1. The largest absolute Gasteiger partial charge is 0.494 e. The van der Waals surface area contributed by atoms with E-state index in [0.29, 0.717) is 58.9 Å². The molecule has 0 atom stereocenters. The predicted octanol–water partition coefficient (Wildman–Crippen LogP) is 16.3. The van der Waals surface area contributed by atoms with Crippen LogP contribution >= 0.6 is 0 Å². The molecule has 21 nitrogen and oxygen atoms in total. The van der Waals surface area contributed by atoms with Gasteiger partial charge >= 0.3 is 11.9 Å². The highest BCUT2D eigenvalue weighted by Gasteiger charge is 2.13. The number of nitro benzene ring substituents is 2. The lowest BCUT2D eigenvalue weighted by atomic mass is 10.1. The van der Waals surface area contributed by atoms with Gasteiger partial charge in [0.15, 0.2) is 0 Å². The highest BCUT2D eigenvalue weighted by molar-refractivity contribution is 5.71. The maximum atomic E-state index is 10.8. The molecular weight excluding hydrogens is 1150 g/mol. The van der Waals surface area contributed by atoms with Gasteiger partial charge < -0.3 is 61.7 Å². The second-order valence-electron chi connectivity index (χ2n) is 20.8. The van der Waals surface area contributed by atoms with Crippen molar-refractivity contribution in [2.24, 2.45) is 0 Å². The van der Waals surface area contributed by atoms with Gasteiger partial charge in [-0.05, 0) is 111 Å². The third-order valence-corrected chi connectivity index (χ3v) is 12.8. The fourth-order valence-corrected chi connectivity index (χ4v) is 8.20. The summed E-state index contributed by atoms with van der Waals surface area (Å²) in [4.78, 5) is 43.9. The number of esters is 2. The second-order valence-corrected chi connectivity index (χ2v) is 20.8. The summed E-state index contributed by atoms with van der Waals surface area (Å²) in [6.45, 7) is 19.9. The summed E-state index contributed by atoms with van der Waals surface area (Å²) in [5.41, 5.74) is 36.1. The van der Waals surface area contributed by atoms with Gasteiger partial charge in [-0.25, -0.2) is 0 Å². The minimum Gasteiger partial charge on any atom is -0.494 e. The molecule has 0 spiro atoms. The maximum absolute atomic E-state index is 10.8. The molecule has 0 radical (unpaired) electrons. The summed E-state index contributed by atoms with van der Waals surface area (Å²) in [7, 11) is 0. The number of benzene rings is 6. The number of nitrogen functional groups attached to an aromatic ring is 4. The Labute approximate surface area is 534 Å². The summed E-state index contributed by atoms with van der Waals surface area (Å²) < 4.78 is 31.7. The van der Waals surface area contributed by atoms with Crippen molar-refractivity contribution < 1.29 is 47.9 Å². The SMILES string of the molecule is C.CCCCCCCCN(CCCCCCCC)c1cccc(C)c1.CCCOc1cc(N)c(OCCOC(C)=O)cc1NNc1ccc([N+](=O)[O-])cc1.CCCOc1ccc(OCCOC(C)=O)c(N)c1.Cc1cccc(N)c1.Nc1ccc([N+](=O)[O-])cc1. The monoisotopic (exact) mass is 1250 g/mol. The summed E-state index contributed by atoms with van der Waals surface area (Å²) in [6.07, 6.45) is 18.4. The van der Waals surface area contributed by atoms with Crippen molar-refractivity contribution in [3.63, 3.8) is 0 Å². The van der Waals surface area contributed by atoms with Gasteiger partial charge in [-0.2, -0.15) is 0 Å². The smallest absolute Gasteiger partial charge is 0.302 e. The molecule has 0 bridgehead atoms. The zero-order valence-electron chi connectivity index (χ0n) is 53.7. The minimum atomic E-state index is -0.465. The highest BCUT2D eigenvalue weighted by atomic mass is 16.6. The standard InChI is InChI=1S/C23H41N.C19H24N4O6.C13H19NO4.C7H9N.C6H6N2O2.CH4/c1-4-6-8-10-12-14-19-24(20-15-13-11-9-7-5-2)23-18-16-17-22(3)21-23;1-3-8-28-19-11-16(20)18(29-10-9-27-13(2)24)12-17(19)22-21-14-4-6-15(7-5-14)23(25)26;1-3-6-17-11-4-5-13(12(14)9-11)18-8-7-16-10(2)15;1-6-3-2-4-7(8)5-6;7-5-1-3-6(4-2-5)8(9)10;/h16-18,21H,4-15,19-20H2,1-3H3;4-7,11-12,21-22H,3,8-10,20H2,1-2H3;4-5,9H,3,6-8,14H2,1-2H3;2-5H,8H2,1H3;1-4H,7H2;1H4. The van der Waals surface area contributed by atoms with E-state index in [1.165, 1.54) is 157 Å². The number of hydrazine groups is 1. The van der Waals surface area contributed by atoms with Gasteiger partial charge in [0.05, 0.1) is 45.8 Å². The molecule has 0 amide bonds. The first-order valence-corrected chi connectivity index (χ1v) is 30.8. The van der Waals surface area contributed by atoms with Gasteiger partial charge in [0.25, 0.3) is 11.4 Å². The number of aryl methyl sites for hydroxylation is 2. The van der Waals surface area contributed by atoms with Gasteiger partial charge in [0.1, 0.15) is 49.4 Å². The zero-order valence-corrected chi connectivity index (χ0v) is 53.7. The van der Waals surface area contributed by atoms with E-state index >= 15 is 0 Å². The Kier molecular flexibility index (Phi) is 41.9. The Balaban J connectivity index is 0.000000598. The molecule has 0 aliphatic heterocycles. The molecule has 0 unspecified atom stereocenters. The van der Waals surface area contributed by atoms with Crippen LogP contribution in [0.1, 0.15) is 150 Å². The number of nitro groups is 2. The van der Waals surface area contributed by atoms with Gasteiger partial charge in [-0.3, -0.25) is 35.2 Å². The molecule has 0 saturated heterocycles. The fraction of sp³-hybridized carbons (Fsp3) is 0.449. The number of hydrogen-bond acceptors (Lipinski definition) is 19. The van der Waals surface area contributed by atoms with Crippen LogP contribution in [0.2, 0.25) is 0 Å². The van der Waals surface area contributed by atoms with E-state index < -0.39 is 9.85 Å². The number of nitrogens with two attached hydrogens (primary N) is 4. The molecule has 90 heavy (non-hydrogen) atoms. The van der Waals surface area contributed by atoms with Crippen LogP contribution in [0.3, 0.4) is 0 Å². The van der Waals surface area contributed by atoms with Crippen molar-refractivity contribution in [2.45, 2.75) is 153 Å². The van der Waals surface area contributed by atoms with Crippen molar-refractivity contribution in [2.75, 3.05) is 91.4 Å². The maximum Gasteiger partial charge on any atom is 0.302 e. The Bertz CT molecular complexity index is 2900. The molecule has 0 aliphatic carbocycles. The van der Waals surface area contributed by atoms with Crippen LogP contribution in [0.15, 0.2) is 127 Å². The van der Waals surface area contributed by atoms with Gasteiger partial charge in [0.2, 0.25) is 0 Å². The van der Waals surface area contributed by atoms with Crippen LogP contribution in [0.4, 0.5) is 51.2 Å². The number of carbonyl (C=O) groups excluding carboxylic acids is 2. The summed E-state index contributed by atoms with van der Waals surface area (Å²) in [5.74, 6) is 1.49. The molecule has 6 aromatic carbocycles. The van der Waals surface area contributed by atoms with E-state index in [0.717, 1.165) is 24.3 Å². The third-order valence-electron chi connectivity index (χ3n) is 12.8. The fourth-order valence-electron chi connectivity index (χ4n) is 8.20. The van der Waals surface area contributed by atoms with Crippen LogP contribution in [0.5, 0.6) is 23.0 Å². The van der Waals surface area contributed by atoms with E-state index in [2.05, 4.69) is 60.8 Å². The molecule has 496 valence electrons. The van der Waals surface area contributed by atoms with Crippen LogP contribution in [-0.2, 0) is 19.1 Å². The first kappa shape index (κ1) is 78.9. The number of nitrogens with zero attached hydrogens (tertiary/aromatic N) is 3. The lowest BCUT2D eigenvalue weighted by molar-refractivity contribution is -0.385. The second kappa shape index (κ2) is 47.9. The van der Waals surface area contributed by atoms with E-state index in [1.807, 2.05) is 45.0 Å². The molecule has 10 N–H and O–H groups in total.